The summed E-state index contributed by atoms with van der Waals surface area (Å²) in [5, 5.41) is 0. The molecule has 1 heterocycles. The Morgan fingerprint density at radius 2 is 1.95 bits per heavy atom. The van der Waals surface area contributed by atoms with Crippen molar-refractivity contribution in [2.45, 2.75) is 13.5 Å². The summed E-state index contributed by atoms with van der Waals surface area (Å²) in [5.41, 5.74) is 7.53. The number of rotatable bonds is 6. The Balaban J connectivity index is 2.44. The number of ether oxygens (including phenoxy) is 2. The third-order valence-corrected chi connectivity index (χ3v) is 4.43. The van der Waals surface area contributed by atoms with Gasteiger partial charge in [-0.3, -0.25) is 4.21 Å². The van der Waals surface area contributed by atoms with Crippen molar-refractivity contribution in [1.29, 1.82) is 0 Å². The van der Waals surface area contributed by atoms with Gasteiger partial charge in [0.1, 0.15) is 0 Å². The highest BCUT2D eigenvalue weighted by molar-refractivity contribution is 7.84. The van der Waals surface area contributed by atoms with Crippen molar-refractivity contribution in [3.05, 3.63) is 12.1 Å². The van der Waals surface area contributed by atoms with Crippen molar-refractivity contribution in [3.8, 4) is 11.5 Å². The van der Waals surface area contributed by atoms with Crippen LogP contribution in [0.1, 0.15) is 6.92 Å². The number of nitrogens with two attached hydrogens (primary N) is 1. The fraction of sp³-hybridized carbons (Fsp3) is 0.462. The molecule has 6 nitrogen and oxygen atoms in total. The van der Waals surface area contributed by atoms with Crippen LogP contribution in [0, 0.1) is 0 Å². The van der Waals surface area contributed by atoms with Crippen molar-refractivity contribution in [2.24, 2.45) is 0 Å². The van der Waals surface area contributed by atoms with Crippen LogP contribution in [0.4, 0.5) is 5.95 Å². The van der Waals surface area contributed by atoms with Crippen molar-refractivity contribution in [2.75, 3.05) is 31.5 Å². The third-order valence-electron chi connectivity index (χ3n) is 3.15. The normalized spacial score (nSPS) is 12.6. The Morgan fingerprint density at radius 1 is 1.30 bits per heavy atom. The standard InChI is InChI=1S/C13H19N3O3S/c1-4-20(17)6-5-16-10-8-12(19-3)11(18-2)7-9(10)15-13(16)14/h7-8H,4-6H2,1-3H3,(H2,14,15). The summed E-state index contributed by atoms with van der Waals surface area (Å²) in [4.78, 5) is 4.31. The lowest BCUT2D eigenvalue weighted by atomic mass is 10.2. The minimum absolute atomic E-state index is 0.406. The van der Waals surface area contributed by atoms with E-state index in [2.05, 4.69) is 4.98 Å². The second-order valence-electron chi connectivity index (χ2n) is 4.25. The van der Waals surface area contributed by atoms with Crippen LogP contribution in [-0.4, -0.2) is 39.5 Å². The third kappa shape index (κ3) is 2.72. The number of fused-ring (bicyclic) bond motifs is 1. The molecule has 0 aliphatic heterocycles. The van der Waals surface area contributed by atoms with Crippen LogP contribution in [0.2, 0.25) is 0 Å². The van der Waals surface area contributed by atoms with Gasteiger partial charge in [-0.25, -0.2) is 4.98 Å². The smallest absolute Gasteiger partial charge is 0.201 e. The Bertz CT molecular complexity index is 639. The molecule has 0 saturated carbocycles. The number of anilines is 1. The molecule has 0 spiro atoms. The molecule has 0 radical (unpaired) electrons. The predicted molar refractivity (Wildman–Crippen MR) is 80.8 cm³/mol. The first-order valence-corrected chi connectivity index (χ1v) is 7.82. The van der Waals surface area contributed by atoms with Crippen LogP contribution in [0.5, 0.6) is 11.5 Å². The van der Waals surface area contributed by atoms with Gasteiger partial charge in [-0.1, -0.05) is 6.92 Å². The van der Waals surface area contributed by atoms with Crippen LogP contribution in [0.15, 0.2) is 12.1 Å². The first kappa shape index (κ1) is 14.6. The molecular weight excluding hydrogens is 278 g/mol. The number of nitrogen functional groups attached to an aromatic ring is 1. The Morgan fingerprint density at radius 3 is 2.55 bits per heavy atom. The second-order valence-corrected chi connectivity index (χ2v) is 6.12. The first-order chi connectivity index (χ1) is 9.60. The zero-order chi connectivity index (χ0) is 14.7. The van der Waals surface area contributed by atoms with Crippen LogP contribution < -0.4 is 15.2 Å². The Kier molecular flexibility index (Phi) is 4.49. The number of benzene rings is 1. The van der Waals surface area contributed by atoms with E-state index >= 15 is 0 Å². The van der Waals surface area contributed by atoms with Gasteiger partial charge >= 0.3 is 0 Å². The second kappa shape index (κ2) is 6.13. The van der Waals surface area contributed by atoms with E-state index < -0.39 is 10.8 Å². The monoisotopic (exact) mass is 297 g/mol. The average molecular weight is 297 g/mol. The highest BCUT2D eigenvalue weighted by Gasteiger charge is 2.13. The number of nitrogens with zero attached hydrogens (tertiary/aromatic N) is 2. The van der Waals surface area contributed by atoms with Crippen LogP contribution in [0.25, 0.3) is 11.0 Å². The maximum absolute atomic E-state index is 11.6. The lowest BCUT2D eigenvalue weighted by molar-refractivity contribution is 0.355. The number of hydrogen-bond acceptors (Lipinski definition) is 5. The van der Waals surface area contributed by atoms with Crippen molar-refractivity contribution >= 4 is 27.8 Å². The maximum Gasteiger partial charge on any atom is 0.201 e. The first-order valence-electron chi connectivity index (χ1n) is 6.33. The number of imidazole rings is 1. The molecule has 2 N–H and O–H groups in total. The predicted octanol–water partition coefficient (Wildman–Crippen LogP) is 1.40. The molecule has 1 aromatic heterocycles. The fourth-order valence-electron chi connectivity index (χ4n) is 2.04. The number of hydrogen-bond donors (Lipinski definition) is 1. The van der Waals surface area contributed by atoms with E-state index in [0.717, 1.165) is 11.0 Å². The molecule has 0 aliphatic rings. The van der Waals surface area contributed by atoms with Crippen molar-refractivity contribution < 1.29 is 13.7 Å². The van der Waals surface area contributed by atoms with E-state index in [1.807, 2.05) is 17.6 Å². The highest BCUT2D eigenvalue weighted by Crippen LogP contribution is 2.32. The summed E-state index contributed by atoms with van der Waals surface area (Å²) in [6, 6.07) is 3.63. The molecule has 20 heavy (non-hydrogen) atoms. The molecule has 0 amide bonds. The molecule has 0 fully saturated rings. The lowest BCUT2D eigenvalue weighted by Gasteiger charge is -2.09. The zero-order valence-corrected chi connectivity index (χ0v) is 12.7. The van der Waals surface area contributed by atoms with Crippen LogP contribution in [-0.2, 0) is 17.3 Å². The van der Waals surface area contributed by atoms with E-state index in [1.165, 1.54) is 0 Å². The largest absolute Gasteiger partial charge is 0.493 e. The minimum atomic E-state index is -0.836. The number of methoxy groups -OCH3 is 2. The van der Waals surface area contributed by atoms with Gasteiger partial charge in [-0.05, 0) is 0 Å². The Hall–Kier alpha value is -1.76. The SMILES string of the molecule is CCS(=O)CCn1c(N)nc2cc(OC)c(OC)cc21. The molecule has 0 bridgehead atoms. The van der Waals surface area contributed by atoms with Gasteiger partial charge in [-0.2, -0.15) is 0 Å². The topological polar surface area (TPSA) is 79.4 Å². The van der Waals surface area contributed by atoms with E-state index in [1.54, 1.807) is 20.3 Å². The summed E-state index contributed by atoms with van der Waals surface area (Å²) in [5.74, 6) is 2.84. The molecule has 2 aromatic rings. The van der Waals surface area contributed by atoms with Gasteiger partial charge in [0.15, 0.2) is 11.5 Å². The molecule has 1 aromatic carbocycles. The summed E-state index contributed by atoms with van der Waals surface area (Å²) in [7, 11) is 2.33. The van der Waals surface area contributed by atoms with Gasteiger partial charge in [0.05, 0.1) is 25.3 Å². The molecule has 1 unspecified atom stereocenters. The molecule has 110 valence electrons. The van der Waals surface area contributed by atoms with Gasteiger partial charge in [0.25, 0.3) is 0 Å². The molecule has 7 heteroatoms. The van der Waals surface area contributed by atoms with Gasteiger partial charge in [0, 0.05) is 41.0 Å². The van der Waals surface area contributed by atoms with Crippen LogP contribution in [0.3, 0.4) is 0 Å². The summed E-state index contributed by atoms with van der Waals surface area (Å²) in [6.45, 7) is 2.47. The summed E-state index contributed by atoms with van der Waals surface area (Å²) >= 11 is 0. The zero-order valence-electron chi connectivity index (χ0n) is 11.9. The van der Waals surface area contributed by atoms with Crippen molar-refractivity contribution in [1.82, 2.24) is 9.55 Å². The molecule has 1 atom stereocenters. The fourth-order valence-corrected chi connectivity index (χ4v) is 2.72. The quantitative estimate of drug-likeness (QED) is 0.872. The minimum Gasteiger partial charge on any atom is -0.493 e. The van der Waals surface area contributed by atoms with E-state index in [9.17, 15) is 4.21 Å². The lowest BCUT2D eigenvalue weighted by Crippen LogP contribution is -2.11. The Labute approximate surface area is 120 Å². The molecule has 2 rings (SSSR count). The van der Waals surface area contributed by atoms with E-state index in [0.29, 0.717) is 35.5 Å². The summed E-state index contributed by atoms with van der Waals surface area (Å²) in [6.07, 6.45) is 0. The van der Waals surface area contributed by atoms with Crippen LogP contribution >= 0.6 is 0 Å². The molecular formula is C13H19N3O3S. The molecule has 0 aliphatic carbocycles. The van der Waals surface area contributed by atoms with E-state index in [-0.39, 0.29) is 0 Å². The molecule has 0 saturated heterocycles. The van der Waals surface area contributed by atoms with Gasteiger partial charge < -0.3 is 19.8 Å². The maximum atomic E-state index is 11.6. The van der Waals surface area contributed by atoms with Gasteiger partial charge in [-0.15, -0.1) is 0 Å². The average Bonchev–Trinajstić information content (AvgIpc) is 2.77. The highest BCUT2D eigenvalue weighted by atomic mass is 32.2. The van der Waals surface area contributed by atoms with E-state index in [4.69, 9.17) is 15.2 Å². The van der Waals surface area contributed by atoms with Crippen molar-refractivity contribution in [3.63, 3.8) is 0 Å². The number of aryl methyl sites for hydroxylation is 1. The summed E-state index contributed by atoms with van der Waals surface area (Å²) < 4.78 is 24.0. The number of aromatic nitrogens is 2. The van der Waals surface area contributed by atoms with Gasteiger partial charge in [0.2, 0.25) is 5.95 Å².